The van der Waals surface area contributed by atoms with E-state index in [0.717, 1.165) is 0 Å². The van der Waals surface area contributed by atoms with Crippen molar-refractivity contribution in [2.45, 2.75) is 79.1 Å². The third kappa shape index (κ3) is 6.60. The quantitative estimate of drug-likeness (QED) is 0.161. The minimum atomic E-state index is -0.00175. The topological polar surface area (TPSA) is 6.48 Å². The van der Waals surface area contributed by atoms with Crippen molar-refractivity contribution in [3.8, 4) is 0 Å². The molecule has 0 bridgehead atoms. The minimum absolute atomic E-state index is 0.00175. The lowest BCUT2D eigenvalue weighted by Crippen LogP contribution is -2.30. The minimum Gasteiger partial charge on any atom is -0.310 e. The molecule has 1 aliphatic carbocycles. The first-order chi connectivity index (χ1) is 24.2. The molecule has 0 radical (unpaired) electrons. The molecule has 50 heavy (non-hydrogen) atoms. The molecule has 2 nitrogen and oxygen atoms in total. The fourth-order valence-corrected chi connectivity index (χ4v) is 8.11. The van der Waals surface area contributed by atoms with Gasteiger partial charge in [0.05, 0.1) is 0 Å². The number of aryl methyl sites for hydroxylation is 6. The summed E-state index contributed by atoms with van der Waals surface area (Å²) in [4.78, 5) is 4.82. The first kappa shape index (κ1) is 33.4. The average molecular weight is 655 g/mol. The van der Waals surface area contributed by atoms with Crippen LogP contribution in [0.1, 0.15) is 76.6 Å². The van der Waals surface area contributed by atoms with Gasteiger partial charge < -0.3 is 9.80 Å². The summed E-state index contributed by atoms with van der Waals surface area (Å²) in [5, 5.41) is 0. The zero-order chi connectivity index (χ0) is 34.8. The van der Waals surface area contributed by atoms with E-state index in [9.17, 15) is 0 Å². The number of rotatable bonds is 8. The van der Waals surface area contributed by atoms with Crippen LogP contribution in [0.4, 0.5) is 34.1 Å². The molecule has 0 unspecified atom stereocenters. The molecule has 0 aromatic heterocycles. The largest absolute Gasteiger partial charge is 0.310 e. The number of hydrogen-bond donors (Lipinski definition) is 0. The maximum Gasteiger partial charge on any atom is 0.0490 e. The molecule has 2 heteroatoms. The second kappa shape index (κ2) is 14.0. The van der Waals surface area contributed by atoms with Crippen LogP contribution in [0.2, 0.25) is 0 Å². The predicted octanol–water partition coefficient (Wildman–Crippen LogP) is 13.7. The fourth-order valence-electron chi connectivity index (χ4n) is 8.11. The van der Waals surface area contributed by atoms with Gasteiger partial charge in [0.1, 0.15) is 0 Å². The van der Waals surface area contributed by atoms with Crippen LogP contribution in [0.15, 0.2) is 133 Å². The van der Waals surface area contributed by atoms with Gasteiger partial charge >= 0.3 is 0 Å². The average Bonchev–Trinajstić information content (AvgIpc) is 3.13. The van der Waals surface area contributed by atoms with E-state index < -0.39 is 0 Å². The highest BCUT2D eigenvalue weighted by Gasteiger charge is 2.36. The lowest BCUT2D eigenvalue weighted by atomic mass is 9.65. The summed E-state index contributed by atoms with van der Waals surface area (Å²) < 4.78 is 0. The summed E-state index contributed by atoms with van der Waals surface area (Å²) in [6.07, 6.45) is 6.14. The van der Waals surface area contributed by atoms with Crippen molar-refractivity contribution >= 4 is 34.1 Å². The second-order valence-electron chi connectivity index (χ2n) is 14.7. The first-order valence-electron chi connectivity index (χ1n) is 18.3. The van der Waals surface area contributed by atoms with Gasteiger partial charge in [-0.3, -0.25) is 0 Å². The van der Waals surface area contributed by atoms with Gasteiger partial charge in [-0.05, 0) is 137 Å². The van der Waals surface area contributed by atoms with E-state index >= 15 is 0 Å². The molecule has 0 heterocycles. The summed E-state index contributed by atoms with van der Waals surface area (Å²) in [5.74, 6) is 0. The molecule has 0 N–H and O–H groups in total. The Hall–Kier alpha value is -5.08. The van der Waals surface area contributed by atoms with Gasteiger partial charge in [-0.2, -0.15) is 0 Å². The van der Waals surface area contributed by atoms with Crippen molar-refractivity contribution < 1.29 is 0 Å². The Bertz CT molecular complexity index is 1920. The molecule has 0 spiro atoms. The van der Waals surface area contributed by atoms with Crippen molar-refractivity contribution in [3.63, 3.8) is 0 Å². The lowest BCUT2D eigenvalue weighted by Gasteiger charge is -2.39. The normalized spacial score (nSPS) is 14.0. The van der Waals surface area contributed by atoms with Crippen molar-refractivity contribution in [2.75, 3.05) is 9.80 Å². The molecule has 6 aromatic carbocycles. The zero-order valence-electron chi connectivity index (χ0n) is 30.6. The molecule has 0 atom stereocenters. The molecule has 1 saturated carbocycles. The summed E-state index contributed by atoms with van der Waals surface area (Å²) in [7, 11) is 0. The number of anilines is 6. The van der Waals surface area contributed by atoms with Crippen molar-refractivity contribution in [1.82, 2.24) is 0 Å². The van der Waals surface area contributed by atoms with E-state index in [0.29, 0.717) is 0 Å². The molecule has 0 aliphatic heterocycles. The summed E-state index contributed by atoms with van der Waals surface area (Å²) in [6, 6.07) is 50.4. The highest BCUT2D eigenvalue weighted by molar-refractivity contribution is 5.80. The van der Waals surface area contributed by atoms with Gasteiger partial charge in [-0.15, -0.1) is 0 Å². The monoisotopic (exact) mass is 654 g/mol. The molecule has 1 aliphatic rings. The van der Waals surface area contributed by atoms with Crippen LogP contribution in [-0.4, -0.2) is 0 Å². The zero-order valence-corrected chi connectivity index (χ0v) is 30.6. The van der Waals surface area contributed by atoms with E-state index in [4.69, 9.17) is 0 Å². The third-order valence-corrected chi connectivity index (χ3v) is 10.8. The Balaban J connectivity index is 1.27. The SMILES string of the molecule is Cc1ccc(N(c2ccc(C3(c4ccc(N(c5ccc(C)cc5)c5ccc(C)cc5C)cc4)CCCCC3)cc2)c2ccc(C)cc2C)cc1. The summed E-state index contributed by atoms with van der Waals surface area (Å²) >= 11 is 0. The summed E-state index contributed by atoms with van der Waals surface area (Å²) in [6.45, 7) is 13.1. The highest BCUT2D eigenvalue weighted by Crippen LogP contribution is 2.47. The molecule has 0 amide bonds. The smallest absolute Gasteiger partial charge is 0.0490 e. The van der Waals surface area contributed by atoms with E-state index in [1.54, 1.807) is 0 Å². The molecular formula is C48H50N2. The van der Waals surface area contributed by atoms with E-state index in [1.807, 2.05) is 0 Å². The Morgan fingerprint density at radius 1 is 0.360 bits per heavy atom. The van der Waals surface area contributed by atoms with E-state index in [-0.39, 0.29) is 5.41 Å². The predicted molar refractivity (Wildman–Crippen MR) is 215 cm³/mol. The molecule has 1 fully saturated rings. The third-order valence-electron chi connectivity index (χ3n) is 10.8. The van der Waals surface area contributed by atoms with Gasteiger partial charge in [0.15, 0.2) is 0 Å². The summed E-state index contributed by atoms with van der Waals surface area (Å²) in [5.41, 5.74) is 17.7. The maximum atomic E-state index is 2.41. The molecular weight excluding hydrogens is 605 g/mol. The fraction of sp³-hybridized carbons (Fsp3) is 0.250. The Labute approximate surface area is 300 Å². The van der Waals surface area contributed by atoms with Crippen molar-refractivity contribution in [2.24, 2.45) is 0 Å². The maximum absolute atomic E-state index is 2.41. The van der Waals surface area contributed by atoms with Crippen LogP contribution >= 0.6 is 0 Å². The Kier molecular flexibility index (Phi) is 9.38. The van der Waals surface area contributed by atoms with Crippen LogP contribution in [0.25, 0.3) is 0 Å². The van der Waals surface area contributed by atoms with E-state index in [1.165, 1.54) is 111 Å². The van der Waals surface area contributed by atoms with Gasteiger partial charge in [-0.1, -0.05) is 114 Å². The van der Waals surface area contributed by atoms with Gasteiger partial charge in [-0.25, -0.2) is 0 Å². The van der Waals surface area contributed by atoms with Crippen LogP contribution < -0.4 is 9.80 Å². The van der Waals surface area contributed by atoms with Crippen LogP contribution in [-0.2, 0) is 5.41 Å². The van der Waals surface area contributed by atoms with Crippen molar-refractivity contribution in [3.05, 3.63) is 178 Å². The Morgan fingerprint density at radius 3 is 1.02 bits per heavy atom. The second-order valence-corrected chi connectivity index (χ2v) is 14.7. The van der Waals surface area contributed by atoms with Gasteiger partial charge in [0, 0.05) is 39.5 Å². The molecule has 252 valence electrons. The molecule has 6 aromatic rings. The number of hydrogen-bond acceptors (Lipinski definition) is 2. The van der Waals surface area contributed by atoms with Crippen LogP contribution in [0, 0.1) is 41.5 Å². The standard InChI is InChI=1S/C48H50N2/c1-34-10-20-42(21-11-34)49(46-28-14-36(3)32-38(46)5)44-24-16-40(17-25-44)48(30-8-7-9-31-48)41-18-26-45(27-19-41)50(43-22-12-35(2)13-23-43)47-29-15-37(4)33-39(47)6/h10-29,32-33H,7-9,30-31H2,1-6H3. The van der Waals surface area contributed by atoms with Crippen LogP contribution in [0.5, 0.6) is 0 Å². The first-order valence-corrected chi connectivity index (χ1v) is 18.3. The highest BCUT2D eigenvalue weighted by atomic mass is 15.1. The van der Waals surface area contributed by atoms with Crippen molar-refractivity contribution in [1.29, 1.82) is 0 Å². The number of benzene rings is 6. The lowest BCUT2D eigenvalue weighted by molar-refractivity contribution is 0.346. The van der Waals surface area contributed by atoms with Crippen LogP contribution in [0.3, 0.4) is 0 Å². The Morgan fingerprint density at radius 2 is 0.680 bits per heavy atom. The molecule has 7 rings (SSSR count). The molecule has 0 saturated heterocycles. The van der Waals surface area contributed by atoms with E-state index in [2.05, 4.69) is 185 Å². The van der Waals surface area contributed by atoms with Gasteiger partial charge in [0.2, 0.25) is 0 Å². The van der Waals surface area contributed by atoms with Gasteiger partial charge in [0.25, 0.3) is 0 Å². The number of nitrogens with zero attached hydrogens (tertiary/aromatic N) is 2.